The number of nitrogens with zero attached hydrogens (tertiary/aromatic N) is 2. The molecular formula is C13H18N2O. The largest absolute Gasteiger partial charge is 0.373 e. The molecule has 2 atom stereocenters. The van der Waals surface area contributed by atoms with Gasteiger partial charge in [0.1, 0.15) is 5.82 Å². The van der Waals surface area contributed by atoms with Crippen LogP contribution in [-0.4, -0.2) is 16.6 Å². The van der Waals surface area contributed by atoms with Crippen LogP contribution >= 0.6 is 0 Å². The third-order valence-electron chi connectivity index (χ3n) is 3.55. The zero-order valence-electron chi connectivity index (χ0n) is 9.72. The fourth-order valence-corrected chi connectivity index (χ4v) is 2.26. The summed E-state index contributed by atoms with van der Waals surface area (Å²) in [4.78, 5) is 8.90. The van der Waals surface area contributed by atoms with E-state index in [1.54, 1.807) is 0 Å². The van der Waals surface area contributed by atoms with Gasteiger partial charge in [-0.1, -0.05) is 6.92 Å². The summed E-state index contributed by atoms with van der Waals surface area (Å²) in [5.74, 6) is 2.41. The molecule has 1 saturated carbocycles. The first-order valence-corrected chi connectivity index (χ1v) is 6.26. The van der Waals surface area contributed by atoms with Crippen LogP contribution in [0.25, 0.3) is 0 Å². The van der Waals surface area contributed by atoms with Crippen molar-refractivity contribution >= 4 is 0 Å². The molecule has 1 aromatic heterocycles. The van der Waals surface area contributed by atoms with Gasteiger partial charge in [-0.25, -0.2) is 9.97 Å². The van der Waals surface area contributed by atoms with Crippen LogP contribution in [0.15, 0.2) is 12.4 Å². The molecule has 1 aliphatic heterocycles. The number of rotatable bonds is 2. The Balaban J connectivity index is 1.72. The lowest BCUT2D eigenvalue weighted by molar-refractivity contribution is -0.00673. The van der Waals surface area contributed by atoms with Gasteiger partial charge in [0, 0.05) is 30.5 Å². The fourth-order valence-electron chi connectivity index (χ4n) is 2.26. The van der Waals surface area contributed by atoms with E-state index in [1.807, 2.05) is 12.4 Å². The van der Waals surface area contributed by atoms with E-state index < -0.39 is 0 Å². The lowest BCUT2D eigenvalue weighted by Gasteiger charge is -2.27. The topological polar surface area (TPSA) is 35.0 Å². The molecule has 0 amide bonds. The number of ether oxygens (including phenoxy) is 1. The molecule has 1 unspecified atom stereocenters. The molecule has 2 fully saturated rings. The van der Waals surface area contributed by atoms with E-state index in [2.05, 4.69) is 16.9 Å². The molecule has 3 heteroatoms. The minimum absolute atomic E-state index is 0.219. The molecule has 2 heterocycles. The molecule has 1 aliphatic carbocycles. The lowest BCUT2D eigenvalue weighted by atomic mass is 9.95. The van der Waals surface area contributed by atoms with Crippen LogP contribution in [0, 0.1) is 5.92 Å². The molecule has 3 nitrogen and oxygen atoms in total. The summed E-state index contributed by atoms with van der Waals surface area (Å²) in [7, 11) is 0. The van der Waals surface area contributed by atoms with Gasteiger partial charge in [0.15, 0.2) is 0 Å². The maximum Gasteiger partial charge on any atom is 0.131 e. The Hall–Kier alpha value is -0.960. The van der Waals surface area contributed by atoms with Crippen LogP contribution in [0.2, 0.25) is 0 Å². The Bertz CT molecular complexity index is 359. The van der Waals surface area contributed by atoms with Crippen molar-refractivity contribution in [2.45, 2.75) is 44.6 Å². The maximum absolute atomic E-state index is 5.77. The average Bonchev–Trinajstić information content (AvgIpc) is 3.13. The van der Waals surface area contributed by atoms with Gasteiger partial charge >= 0.3 is 0 Å². The number of hydrogen-bond acceptors (Lipinski definition) is 3. The molecule has 0 bridgehead atoms. The van der Waals surface area contributed by atoms with Crippen molar-refractivity contribution in [3.63, 3.8) is 0 Å². The zero-order chi connectivity index (χ0) is 11.0. The van der Waals surface area contributed by atoms with E-state index in [9.17, 15) is 0 Å². The van der Waals surface area contributed by atoms with E-state index in [4.69, 9.17) is 4.74 Å². The van der Waals surface area contributed by atoms with Crippen molar-refractivity contribution in [2.75, 3.05) is 6.61 Å². The highest BCUT2D eigenvalue weighted by Gasteiger charge is 2.27. The van der Waals surface area contributed by atoms with Crippen molar-refractivity contribution < 1.29 is 4.74 Å². The summed E-state index contributed by atoms with van der Waals surface area (Å²) in [5, 5.41) is 0. The number of hydrogen-bond donors (Lipinski definition) is 0. The Kier molecular flexibility index (Phi) is 2.64. The molecule has 86 valence electrons. The van der Waals surface area contributed by atoms with Crippen LogP contribution < -0.4 is 0 Å². The van der Waals surface area contributed by atoms with Gasteiger partial charge in [0.05, 0.1) is 6.10 Å². The SMILES string of the molecule is CC1CCO[C@@H](c2cnc(C3CC3)nc2)C1. The molecule has 1 aromatic rings. The van der Waals surface area contributed by atoms with E-state index in [0.29, 0.717) is 5.92 Å². The van der Waals surface area contributed by atoms with Gasteiger partial charge in [-0.15, -0.1) is 0 Å². The first-order chi connectivity index (χ1) is 7.83. The summed E-state index contributed by atoms with van der Waals surface area (Å²) in [5.41, 5.74) is 1.15. The second-order valence-electron chi connectivity index (χ2n) is 5.14. The third kappa shape index (κ3) is 2.09. The van der Waals surface area contributed by atoms with Crippen LogP contribution in [0.1, 0.15) is 56.0 Å². The standard InChI is InChI=1S/C13H18N2O/c1-9-4-5-16-12(6-9)11-7-14-13(15-8-11)10-2-3-10/h7-10,12H,2-6H2,1H3/t9?,12-/m1/s1. The van der Waals surface area contributed by atoms with E-state index in [0.717, 1.165) is 30.3 Å². The van der Waals surface area contributed by atoms with Crippen molar-refractivity contribution in [1.29, 1.82) is 0 Å². The molecule has 0 aromatic carbocycles. The zero-order valence-corrected chi connectivity index (χ0v) is 9.72. The van der Waals surface area contributed by atoms with Crippen LogP contribution in [0.4, 0.5) is 0 Å². The van der Waals surface area contributed by atoms with Gasteiger partial charge in [0.2, 0.25) is 0 Å². The Morgan fingerprint density at radius 2 is 1.94 bits per heavy atom. The van der Waals surface area contributed by atoms with Crippen LogP contribution in [-0.2, 0) is 4.74 Å². The molecule has 0 spiro atoms. The van der Waals surface area contributed by atoms with Crippen molar-refractivity contribution in [3.05, 3.63) is 23.8 Å². The highest BCUT2D eigenvalue weighted by molar-refractivity contribution is 5.13. The first kappa shape index (κ1) is 10.2. The smallest absolute Gasteiger partial charge is 0.131 e. The monoisotopic (exact) mass is 218 g/mol. The summed E-state index contributed by atoms with van der Waals surface area (Å²) < 4.78 is 5.77. The lowest BCUT2D eigenvalue weighted by Crippen LogP contribution is -2.18. The predicted octanol–water partition coefficient (Wildman–Crippen LogP) is 2.84. The predicted molar refractivity (Wildman–Crippen MR) is 61.1 cm³/mol. The van der Waals surface area contributed by atoms with E-state index in [1.165, 1.54) is 19.3 Å². The minimum atomic E-state index is 0.219. The van der Waals surface area contributed by atoms with Gasteiger partial charge in [0.25, 0.3) is 0 Å². The average molecular weight is 218 g/mol. The third-order valence-corrected chi connectivity index (χ3v) is 3.55. The van der Waals surface area contributed by atoms with Gasteiger partial charge in [-0.05, 0) is 31.6 Å². The van der Waals surface area contributed by atoms with Gasteiger partial charge < -0.3 is 4.74 Å². The van der Waals surface area contributed by atoms with Crippen molar-refractivity contribution in [2.24, 2.45) is 5.92 Å². The second-order valence-corrected chi connectivity index (χ2v) is 5.14. The Morgan fingerprint density at radius 3 is 2.56 bits per heavy atom. The summed E-state index contributed by atoms with van der Waals surface area (Å²) in [6.07, 6.45) is 8.94. The first-order valence-electron chi connectivity index (χ1n) is 6.26. The molecule has 0 N–H and O–H groups in total. The van der Waals surface area contributed by atoms with E-state index in [-0.39, 0.29) is 6.10 Å². The Labute approximate surface area is 96.3 Å². The molecule has 16 heavy (non-hydrogen) atoms. The molecule has 0 radical (unpaired) electrons. The fraction of sp³-hybridized carbons (Fsp3) is 0.692. The highest BCUT2D eigenvalue weighted by atomic mass is 16.5. The summed E-state index contributed by atoms with van der Waals surface area (Å²) >= 11 is 0. The normalized spacial score (nSPS) is 30.3. The van der Waals surface area contributed by atoms with Crippen LogP contribution in [0.5, 0.6) is 0 Å². The van der Waals surface area contributed by atoms with Gasteiger partial charge in [-0.2, -0.15) is 0 Å². The maximum atomic E-state index is 5.77. The molecule has 2 aliphatic rings. The summed E-state index contributed by atoms with van der Waals surface area (Å²) in [6, 6.07) is 0. The number of aromatic nitrogens is 2. The minimum Gasteiger partial charge on any atom is -0.373 e. The summed E-state index contributed by atoms with van der Waals surface area (Å²) in [6.45, 7) is 3.16. The van der Waals surface area contributed by atoms with Gasteiger partial charge in [-0.3, -0.25) is 0 Å². The molecule has 3 rings (SSSR count). The quantitative estimate of drug-likeness (QED) is 0.765. The second kappa shape index (κ2) is 4.13. The van der Waals surface area contributed by atoms with Crippen molar-refractivity contribution in [1.82, 2.24) is 9.97 Å². The van der Waals surface area contributed by atoms with E-state index >= 15 is 0 Å². The Morgan fingerprint density at radius 1 is 1.19 bits per heavy atom. The van der Waals surface area contributed by atoms with Crippen LogP contribution in [0.3, 0.4) is 0 Å². The highest BCUT2D eigenvalue weighted by Crippen LogP contribution is 2.38. The molecular weight excluding hydrogens is 200 g/mol. The van der Waals surface area contributed by atoms with Crippen molar-refractivity contribution in [3.8, 4) is 0 Å². The molecule has 1 saturated heterocycles.